The van der Waals surface area contributed by atoms with Crippen molar-refractivity contribution < 1.29 is 18.6 Å². The smallest absolute Gasteiger partial charge is 0.293 e. The molecule has 0 saturated heterocycles. The first-order valence-electron chi connectivity index (χ1n) is 12.7. The molecule has 0 fully saturated rings. The molecule has 3 aromatic carbocycles. The van der Waals surface area contributed by atoms with Crippen LogP contribution in [0.5, 0.6) is 5.75 Å². The number of halogens is 1. The summed E-state index contributed by atoms with van der Waals surface area (Å²) in [7, 11) is 0. The maximum atomic E-state index is 13.2. The van der Waals surface area contributed by atoms with Gasteiger partial charge in [0, 0.05) is 12.2 Å². The van der Waals surface area contributed by atoms with Gasteiger partial charge in [0.15, 0.2) is 5.69 Å². The van der Waals surface area contributed by atoms with E-state index in [2.05, 4.69) is 42.1 Å². The molecule has 0 aliphatic carbocycles. The molecule has 0 unspecified atom stereocenters. The highest BCUT2D eigenvalue weighted by Crippen LogP contribution is 2.30. The van der Waals surface area contributed by atoms with Crippen LogP contribution in [0.25, 0.3) is 5.82 Å². The molecule has 0 atom stereocenters. The Hall–Kier alpha value is -5.59. The molecule has 1 aliphatic heterocycles. The molecule has 3 N–H and O–H groups in total. The van der Waals surface area contributed by atoms with E-state index < -0.39 is 5.91 Å². The third-order valence-corrected chi connectivity index (χ3v) is 6.56. The van der Waals surface area contributed by atoms with Crippen LogP contribution in [0.2, 0.25) is 0 Å². The topological polar surface area (TPSA) is 150 Å². The lowest BCUT2D eigenvalue weighted by molar-refractivity contribution is 0.0949. The number of ether oxygens (including phenoxy) is 1. The zero-order valence-corrected chi connectivity index (χ0v) is 21.6. The average molecular weight is 554 g/mol. The number of nitrogens with one attached hydrogen (secondary N) is 1. The molecule has 1 amide bonds. The van der Waals surface area contributed by atoms with Crippen molar-refractivity contribution in [3.63, 3.8) is 0 Å². The van der Waals surface area contributed by atoms with Gasteiger partial charge in [-0.3, -0.25) is 4.79 Å². The number of rotatable bonds is 9. The zero-order valence-electron chi connectivity index (χ0n) is 21.6. The van der Waals surface area contributed by atoms with Crippen molar-refractivity contribution in [1.82, 2.24) is 30.7 Å². The molecule has 13 heteroatoms. The molecule has 3 heterocycles. The Kier molecular flexibility index (Phi) is 7.05. The highest BCUT2D eigenvalue weighted by molar-refractivity contribution is 5.94. The van der Waals surface area contributed by atoms with Gasteiger partial charge in [-0.2, -0.15) is 9.78 Å². The predicted molar refractivity (Wildman–Crippen MR) is 147 cm³/mol. The fourth-order valence-corrected chi connectivity index (χ4v) is 4.53. The van der Waals surface area contributed by atoms with Crippen molar-refractivity contribution in [2.75, 3.05) is 17.2 Å². The van der Waals surface area contributed by atoms with Gasteiger partial charge in [-0.15, -0.1) is 5.10 Å². The minimum atomic E-state index is -0.561. The summed E-state index contributed by atoms with van der Waals surface area (Å²) >= 11 is 0. The van der Waals surface area contributed by atoms with E-state index in [-0.39, 0.29) is 29.8 Å². The lowest BCUT2D eigenvalue weighted by Crippen LogP contribution is -2.26. The van der Waals surface area contributed by atoms with Gasteiger partial charge in [0.25, 0.3) is 5.91 Å². The van der Waals surface area contributed by atoms with E-state index >= 15 is 0 Å². The van der Waals surface area contributed by atoms with Gasteiger partial charge in [0.05, 0.1) is 18.5 Å². The second-order valence-corrected chi connectivity index (χ2v) is 9.26. The van der Waals surface area contributed by atoms with Crippen molar-refractivity contribution >= 4 is 23.6 Å². The van der Waals surface area contributed by atoms with Crippen molar-refractivity contribution in [1.29, 1.82) is 0 Å². The van der Waals surface area contributed by atoms with Crippen LogP contribution in [-0.4, -0.2) is 44.0 Å². The Bertz CT molecular complexity index is 1720. The maximum absolute atomic E-state index is 13.2. The number of hydrogen-bond acceptors (Lipinski definition) is 10. The van der Waals surface area contributed by atoms with E-state index in [0.717, 1.165) is 24.2 Å². The van der Waals surface area contributed by atoms with E-state index in [9.17, 15) is 9.18 Å². The monoisotopic (exact) mass is 553 g/mol. The number of nitrogens with zero attached hydrogens (tertiary/aromatic N) is 7. The van der Waals surface area contributed by atoms with Gasteiger partial charge in [-0.05, 0) is 63.8 Å². The number of para-hydroxylation sites is 1. The maximum Gasteiger partial charge on any atom is 0.293 e. The lowest BCUT2D eigenvalue weighted by Gasteiger charge is -2.19. The Labute approximate surface area is 233 Å². The molecule has 5 aromatic rings. The molecule has 0 saturated carbocycles. The number of nitrogens with two attached hydrogens (primary N) is 1. The van der Waals surface area contributed by atoms with Crippen molar-refractivity contribution in [3.05, 3.63) is 107 Å². The van der Waals surface area contributed by atoms with Crippen LogP contribution in [0.1, 0.15) is 32.9 Å². The second-order valence-electron chi connectivity index (χ2n) is 9.26. The van der Waals surface area contributed by atoms with E-state index in [1.165, 1.54) is 28.6 Å². The molecular formula is C28H24FN9O3. The van der Waals surface area contributed by atoms with Gasteiger partial charge < -0.3 is 15.4 Å². The first kappa shape index (κ1) is 25.7. The summed E-state index contributed by atoms with van der Waals surface area (Å²) in [6.07, 6.45) is 2.37. The molecule has 1 aliphatic rings. The third kappa shape index (κ3) is 5.59. The largest absolute Gasteiger partial charge is 0.489 e. The van der Waals surface area contributed by atoms with Gasteiger partial charge in [-0.25, -0.2) is 14.4 Å². The number of hydrogen-bond donors (Lipinski definition) is 2. The SMILES string of the molecule is Nc1nonc1-n1nnc(C(=O)N/N=C\c2cccc(OCc3ccc(F)cc3)c2)c1CN1CCc2ccccc21. The summed E-state index contributed by atoms with van der Waals surface area (Å²) in [5.74, 6) is -0.109. The van der Waals surface area contributed by atoms with Crippen LogP contribution in [0, 0.1) is 5.82 Å². The van der Waals surface area contributed by atoms with E-state index in [0.29, 0.717) is 23.6 Å². The van der Waals surface area contributed by atoms with Crippen LogP contribution in [0.4, 0.5) is 15.9 Å². The Balaban J connectivity index is 1.17. The highest BCUT2D eigenvalue weighted by Gasteiger charge is 2.28. The predicted octanol–water partition coefficient (Wildman–Crippen LogP) is 3.28. The van der Waals surface area contributed by atoms with E-state index in [4.69, 9.17) is 15.1 Å². The fraction of sp³-hybridized carbons (Fsp3) is 0.143. The Morgan fingerprint density at radius 3 is 2.80 bits per heavy atom. The molecule has 0 bridgehead atoms. The third-order valence-electron chi connectivity index (χ3n) is 6.56. The Morgan fingerprint density at radius 1 is 1.12 bits per heavy atom. The van der Waals surface area contributed by atoms with Crippen molar-refractivity contribution in [3.8, 4) is 11.6 Å². The molecule has 206 valence electrons. The van der Waals surface area contributed by atoms with E-state index in [1.54, 1.807) is 30.3 Å². The standard InChI is InChI=1S/C28H24FN9O3/c29-21-10-8-18(9-11-21)17-40-22-6-3-4-19(14-22)15-31-33-28(39)25-24(38(36-32-25)27-26(30)34-41-35-27)16-37-13-12-20-5-1-2-7-23(20)37/h1-11,14-15H,12-13,16-17H2,(H2,30,34)(H,33,39)/b31-15-. The van der Waals surface area contributed by atoms with Gasteiger partial charge >= 0.3 is 0 Å². The van der Waals surface area contributed by atoms with Crippen LogP contribution < -0.4 is 20.8 Å². The second kappa shape index (κ2) is 11.3. The number of carbonyl (C=O) groups is 1. The number of carbonyl (C=O) groups excluding carboxylic acids is 1. The van der Waals surface area contributed by atoms with Gasteiger partial charge in [0.2, 0.25) is 11.6 Å². The molecule has 2 aromatic heterocycles. The summed E-state index contributed by atoms with van der Waals surface area (Å²) in [5.41, 5.74) is 12.8. The number of anilines is 2. The first-order valence-corrected chi connectivity index (χ1v) is 12.7. The minimum absolute atomic E-state index is 0.0180. The van der Waals surface area contributed by atoms with Crippen molar-refractivity contribution in [2.24, 2.45) is 5.10 Å². The minimum Gasteiger partial charge on any atom is -0.489 e. The fourth-order valence-electron chi connectivity index (χ4n) is 4.53. The van der Waals surface area contributed by atoms with Crippen LogP contribution in [0.3, 0.4) is 0 Å². The van der Waals surface area contributed by atoms with E-state index in [1.807, 2.05) is 24.3 Å². The number of amides is 1. The van der Waals surface area contributed by atoms with Crippen LogP contribution >= 0.6 is 0 Å². The molecule has 0 spiro atoms. The van der Waals surface area contributed by atoms with Gasteiger partial charge in [0.1, 0.15) is 18.2 Å². The summed E-state index contributed by atoms with van der Waals surface area (Å²) in [5, 5.41) is 19.8. The summed E-state index contributed by atoms with van der Waals surface area (Å²) < 4.78 is 25.0. The summed E-state index contributed by atoms with van der Waals surface area (Å²) in [6.45, 7) is 1.36. The Morgan fingerprint density at radius 2 is 1.98 bits per heavy atom. The first-order chi connectivity index (χ1) is 20.0. The lowest BCUT2D eigenvalue weighted by atomic mass is 10.2. The van der Waals surface area contributed by atoms with Crippen molar-refractivity contribution in [2.45, 2.75) is 19.6 Å². The van der Waals surface area contributed by atoms with Crippen LogP contribution in [0.15, 0.2) is 82.5 Å². The molecule has 0 radical (unpaired) electrons. The molecule has 41 heavy (non-hydrogen) atoms. The summed E-state index contributed by atoms with van der Waals surface area (Å²) in [6, 6.07) is 21.4. The molecular weight excluding hydrogens is 529 g/mol. The average Bonchev–Trinajstić information content (AvgIpc) is 3.72. The highest BCUT2D eigenvalue weighted by atomic mass is 19.1. The number of nitrogen functional groups attached to an aromatic ring is 1. The quantitative estimate of drug-likeness (QED) is 0.207. The number of fused-ring (bicyclic) bond motifs is 1. The number of aromatic nitrogens is 5. The van der Waals surface area contributed by atoms with Gasteiger partial charge in [-0.1, -0.05) is 47.7 Å². The zero-order chi connectivity index (χ0) is 28.2. The summed E-state index contributed by atoms with van der Waals surface area (Å²) in [4.78, 5) is 15.3. The number of hydrazone groups is 1. The normalized spacial score (nSPS) is 12.6. The molecule has 12 nitrogen and oxygen atoms in total. The molecule has 6 rings (SSSR count). The van der Waals surface area contributed by atoms with Crippen LogP contribution in [-0.2, 0) is 19.6 Å². The number of benzene rings is 3.